The maximum Gasteiger partial charge on any atom is 0.309 e. The zero-order chi connectivity index (χ0) is 25.5. The van der Waals surface area contributed by atoms with Crippen LogP contribution in [0.4, 0.5) is 0 Å². The first-order chi connectivity index (χ1) is 15.8. The topological polar surface area (TPSA) is 115 Å². The van der Waals surface area contributed by atoms with Gasteiger partial charge in [-0.05, 0) is 103 Å². The minimum atomic E-state index is -1.01. The highest BCUT2D eigenvalue weighted by Crippen LogP contribution is 2.36. The molecule has 2 aliphatic heterocycles. The Hall–Kier alpha value is -0.990. The van der Waals surface area contributed by atoms with E-state index in [4.69, 9.17) is 0 Å². The largest absolute Gasteiger partial charge is 0.616 e. The second kappa shape index (κ2) is 12.8. The quantitative estimate of drug-likeness (QED) is 0.257. The van der Waals surface area contributed by atoms with Crippen LogP contribution in [-0.4, -0.2) is 53.5 Å². The molecular weight excluding hydrogens is 472 g/mol. The number of ketones is 1. The van der Waals surface area contributed by atoms with Crippen molar-refractivity contribution in [3.05, 3.63) is 12.2 Å². The molecule has 0 aromatic heterocycles. The zero-order valence-electron chi connectivity index (χ0n) is 21.1. The maximum absolute atomic E-state index is 13.1. The molecule has 0 amide bonds. The summed E-state index contributed by atoms with van der Waals surface area (Å²) in [6.07, 6.45) is 12.6. The van der Waals surface area contributed by atoms with E-state index in [0.717, 1.165) is 51.4 Å². The van der Waals surface area contributed by atoms with Gasteiger partial charge in [-0.1, -0.05) is 12.5 Å². The minimum absolute atomic E-state index is 0.0450. The van der Waals surface area contributed by atoms with E-state index in [2.05, 4.69) is 0 Å². The van der Waals surface area contributed by atoms with Crippen LogP contribution >= 0.6 is 11.8 Å². The van der Waals surface area contributed by atoms with Crippen LogP contribution in [0.2, 0.25) is 0 Å². The number of rotatable bonds is 12. The first-order valence-corrected chi connectivity index (χ1v) is 14.8. The Kier molecular flexibility index (Phi) is 11.0. The van der Waals surface area contributed by atoms with Gasteiger partial charge in [0, 0.05) is 11.7 Å². The second-order valence-electron chi connectivity index (χ2n) is 11.2. The molecule has 2 rings (SSSR count). The Balaban J connectivity index is 1.85. The van der Waals surface area contributed by atoms with Crippen molar-refractivity contribution in [2.24, 2.45) is 10.8 Å². The van der Waals surface area contributed by atoms with Crippen molar-refractivity contribution >= 4 is 40.7 Å². The minimum Gasteiger partial charge on any atom is -0.616 e. The number of thioether (sulfide) groups is 1. The molecule has 0 radical (unpaired) electrons. The molecule has 0 saturated carbocycles. The molecule has 2 heterocycles. The summed E-state index contributed by atoms with van der Waals surface area (Å²) < 4.78 is 13.1. The Morgan fingerprint density at radius 2 is 1.59 bits per heavy atom. The SMILES string of the molecule is CC(C)(CCCC1CCC(=O)C(C=CC2CCCC(CCCC(C)(C)C(=O)O)[S+]2[O-])S1)C(=O)O. The summed E-state index contributed by atoms with van der Waals surface area (Å²) in [6, 6.07) is 0. The van der Waals surface area contributed by atoms with Crippen LogP contribution in [0.3, 0.4) is 0 Å². The van der Waals surface area contributed by atoms with Gasteiger partial charge in [-0.2, -0.15) is 0 Å². The number of aliphatic carboxylic acids is 2. The number of hydrogen-bond donors (Lipinski definition) is 2. The highest BCUT2D eigenvalue weighted by molar-refractivity contribution is 8.01. The van der Waals surface area contributed by atoms with Gasteiger partial charge in [-0.25, -0.2) is 0 Å². The Morgan fingerprint density at radius 3 is 2.18 bits per heavy atom. The lowest BCUT2D eigenvalue weighted by Crippen LogP contribution is -2.36. The average molecular weight is 515 g/mol. The summed E-state index contributed by atoms with van der Waals surface area (Å²) in [5.41, 5.74) is -1.48. The number of carbonyl (C=O) groups excluding carboxylic acids is 1. The first kappa shape index (κ1) is 29.2. The molecule has 0 spiro atoms. The van der Waals surface area contributed by atoms with E-state index in [1.807, 2.05) is 12.2 Å². The summed E-state index contributed by atoms with van der Waals surface area (Å²) >= 11 is 0.661. The fourth-order valence-electron chi connectivity index (χ4n) is 4.60. The Morgan fingerprint density at radius 1 is 1.00 bits per heavy atom. The lowest BCUT2D eigenvalue weighted by atomic mass is 9.87. The van der Waals surface area contributed by atoms with Gasteiger partial charge in [-0.15, -0.1) is 11.8 Å². The summed E-state index contributed by atoms with van der Waals surface area (Å²) in [7, 11) is 0. The summed E-state index contributed by atoms with van der Waals surface area (Å²) in [5, 5.41) is 18.8. The van der Waals surface area contributed by atoms with Gasteiger partial charge < -0.3 is 14.8 Å². The zero-order valence-corrected chi connectivity index (χ0v) is 22.7. The van der Waals surface area contributed by atoms with Crippen molar-refractivity contribution in [1.29, 1.82) is 0 Å². The normalized spacial score (nSPS) is 28.9. The average Bonchev–Trinajstić information content (AvgIpc) is 2.75. The van der Waals surface area contributed by atoms with Gasteiger partial charge in [0.05, 0.1) is 16.1 Å². The molecular formula is C26H42O6S2. The van der Waals surface area contributed by atoms with Gasteiger partial charge in [0.2, 0.25) is 0 Å². The number of carboxylic acid groups (broad SMARTS) is 2. The van der Waals surface area contributed by atoms with Crippen LogP contribution in [0.1, 0.15) is 98.3 Å². The summed E-state index contributed by atoms with van der Waals surface area (Å²) in [4.78, 5) is 35.1. The number of hydrogen-bond acceptors (Lipinski definition) is 5. The van der Waals surface area contributed by atoms with Crippen molar-refractivity contribution in [2.45, 2.75) is 119 Å². The standard InChI is InChI=1S/C26H42O6S2/c1-25(2,23(28)29)16-6-8-18-12-14-21(27)22(33-18)15-13-20-10-5-9-19(34(20)32)11-7-17-26(3,4)24(30)31/h13,15,18-20,22H,5-12,14,16-17H2,1-4H3,(H,28,29)(H,30,31). The van der Waals surface area contributed by atoms with E-state index >= 15 is 0 Å². The van der Waals surface area contributed by atoms with E-state index < -0.39 is 33.9 Å². The molecule has 194 valence electrons. The van der Waals surface area contributed by atoms with Crippen LogP contribution in [0.15, 0.2) is 12.2 Å². The third-order valence-corrected chi connectivity index (χ3v) is 11.0. The highest BCUT2D eigenvalue weighted by atomic mass is 32.2. The lowest BCUT2D eigenvalue weighted by molar-refractivity contribution is -0.148. The van der Waals surface area contributed by atoms with Crippen molar-refractivity contribution in [1.82, 2.24) is 0 Å². The van der Waals surface area contributed by atoms with E-state index in [-0.39, 0.29) is 21.5 Å². The predicted octanol–water partition coefficient (Wildman–Crippen LogP) is 5.61. The van der Waals surface area contributed by atoms with Gasteiger partial charge in [0.25, 0.3) is 0 Å². The molecule has 2 saturated heterocycles. The molecule has 0 aliphatic carbocycles. The summed E-state index contributed by atoms with van der Waals surface area (Å²) in [6.45, 7) is 6.97. The van der Waals surface area contributed by atoms with E-state index in [9.17, 15) is 29.1 Å². The first-order valence-electron chi connectivity index (χ1n) is 12.6. The fourth-order valence-corrected chi connectivity index (χ4v) is 7.96. The van der Waals surface area contributed by atoms with Crippen LogP contribution in [0, 0.1) is 10.8 Å². The van der Waals surface area contributed by atoms with Crippen molar-refractivity contribution in [3.8, 4) is 0 Å². The number of carboxylic acids is 2. The van der Waals surface area contributed by atoms with E-state index in [1.165, 1.54) is 0 Å². The lowest BCUT2D eigenvalue weighted by Gasteiger charge is -2.32. The molecule has 8 heteroatoms. The molecule has 0 aromatic carbocycles. The molecule has 5 unspecified atom stereocenters. The van der Waals surface area contributed by atoms with E-state index in [1.54, 1.807) is 39.5 Å². The van der Waals surface area contributed by atoms with Gasteiger partial charge >= 0.3 is 11.9 Å². The molecule has 6 nitrogen and oxygen atoms in total. The molecule has 2 aliphatic rings. The van der Waals surface area contributed by atoms with E-state index in [0.29, 0.717) is 24.5 Å². The summed E-state index contributed by atoms with van der Waals surface area (Å²) in [5.74, 6) is -1.35. The fraction of sp³-hybridized carbons (Fsp3) is 0.808. The Bertz CT molecular complexity index is 748. The van der Waals surface area contributed by atoms with Crippen molar-refractivity contribution < 1.29 is 29.1 Å². The molecule has 5 atom stereocenters. The molecule has 2 fully saturated rings. The second-order valence-corrected chi connectivity index (χ2v) is 14.5. The number of Topliss-reactive ketones (excluding diaryl/α,β-unsaturated/α-hetero) is 1. The van der Waals surface area contributed by atoms with Gasteiger partial charge in [-0.3, -0.25) is 14.4 Å². The smallest absolute Gasteiger partial charge is 0.309 e. The van der Waals surface area contributed by atoms with Crippen molar-refractivity contribution in [3.63, 3.8) is 0 Å². The van der Waals surface area contributed by atoms with Gasteiger partial charge in [0.1, 0.15) is 16.3 Å². The monoisotopic (exact) mass is 514 g/mol. The molecule has 0 bridgehead atoms. The third-order valence-electron chi connectivity index (χ3n) is 7.32. The maximum atomic E-state index is 13.1. The molecule has 0 aromatic rings. The Labute approximate surface area is 211 Å². The number of carbonyl (C=O) groups is 3. The molecule has 2 N–H and O–H groups in total. The van der Waals surface area contributed by atoms with Crippen LogP contribution in [0.25, 0.3) is 0 Å². The molecule has 34 heavy (non-hydrogen) atoms. The van der Waals surface area contributed by atoms with Gasteiger partial charge in [0.15, 0.2) is 0 Å². The van der Waals surface area contributed by atoms with Crippen LogP contribution in [-0.2, 0) is 25.6 Å². The predicted molar refractivity (Wildman–Crippen MR) is 139 cm³/mol. The third kappa shape index (κ3) is 8.59. The van der Waals surface area contributed by atoms with Crippen LogP contribution < -0.4 is 0 Å². The van der Waals surface area contributed by atoms with Crippen LogP contribution in [0.5, 0.6) is 0 Å². The highest BCUT2D eigenvalue weighted by Gasteiger charge is 2.36. The van der Waals surface area contributed by atoms with Crippen molar-refractivity contribution in [2.75, 3.05) is 0 Å².